The third-order valence-electron chi connectivity index (χ3n) is 6.67. The van der Waals surface area contributed by atoms with Crippen LogP contribution in [-0.4, -0.2) is 43.6 Å². The fraction of sp³-hybridized carbons (Fsp3) is 0.417. The van der Waals surface area contributed by atoms with Crippen LogP contribution in [0.4, 0.5) is 10.1 Å². The number of anilines is 1. The van der Waals surface area contributed by atoms with E-state index >= 15 is 0 Å². The van der Waals surface area contributed by atoms with Crippen LogP contribution in [0.15, 0.2) is 35.5 Å². The van der Waals surface area contributed by atoms with Crippen molar-refractivity contribution in [2.75, 3.05) is 18.1 Å². The number of halogens is 2. The summed E-state index contributed by atoms with van der Waals surface area (Å²) in [6.07, 6.45) is 5.80. The van der Waals surface area contributed by atoms with Gasteiger partial charge in [-0.2, -0.15) is 9.78 Å². The van der Waals surface area contributed by atoms with Crippen molar-refractivity contribution >= 4 is 23.3 Å². The molecule has 2 aliphatic rings. The van der Waals surface area contributed by atoms with Crippen molar-refractivity contribution < 1.29 is 19.0 Å². The Balaban J connectivity index is 1.43. The molecule has 1 N–H and O–H groups in total. The number of aryl methyl sites for hydroxylation is 1. The molecule has 35 heavy (non-hydrogen) atoms. The number of aliphatic carboxylic acids is 1. The first kappa shape index (κ1) is 23.5. The molecule has 1 fully saturated rings. The van der Waals surface area contributed by atoms with Crippen molar-refractivity contribution in [2.45, 2.75) is 51.4 Å². The fourth-order valence-corrected chi connectivity index (χ4v) is 5.14. The second-order valence-electron chi connectivity index (χ2n) is 8.87. The zero-order valence-electron chi connectivity index (χ0n) is 19.2. The first-order chi connectivity index (χ1) is 16.8. The van der Waals surface area contributed by atoms with Crippen molar-refractivity contribution in [3.8, 4) is 0 Å². The van der Waals surface area contributed by atoms with Gasteiger partial charge in [-0.3, -0.25) is 4.79 Å². The highest BCUT2D eigenvalue weighted by Crippen LogP contribution is 2.32. The van der Waals surface area contributed by atoms with Gasteiger partial charge < -0.3 is 19.3 Å². The lowest BCUT2D eigenvalue weighted by Crippen LogP contribution is -2.36. The van der Waals surface area contributed by atoms with Crippen LogP contribution in [0.3, 0.4) is 0 Å². The summed E-state index contributed by atoms with van der Waals surface area (Å²) in [6, 6.07) is 3.06. The first-order valence-corrected chi connectivity index (χ1v) is 11.9. The number of ether oxygens (including phenoxy) is 1. The van der Waals surface area contributed by atoms with Crippen molar-refractivity contribution in [3.05, 3.63) is 74.4 Å². The third kappa shape index (κ3) is 4.32. The Kier molecular flexibility index (Phi) is 6.33. The van der Waals surface area contributed by atoms with E-state index in [0.29, 0.717) is 55.0 Å². The molecule has 0 aliphatic carbocycles. The molecule has 11 heteroatoms. The SMILES string of the molecule is Cc1cc(F)ccc1C(C(=O)O)n1cnc2c1CCN(c1cnn(C3CCCCO3)c(=O)c1Cl)C2. The summed E-state index contributed by atoms with van der Waals surface area (Å²) in [5.41, 5.74) is 2.64. The molecule has 0 bridgehead atoms. The predicted molar refractivity (Wildman–Crippen MR) is 126 cm³/mol. The van der Waals surface area contributed by atoms with Gasteiger partial charge in [0.25, 0.3) is 5.56 Å². The van der Waals surface area contributed by atoms with Crippen molar-refractivity contribution in [1.29, 1.82) is 0 Å². The number of hydrogen-bond acceptors (Lipinski definition) is 6. The minimum atomic E-state index is -1.05. The zero-order valence-corrected chi connectivity index (χ0v) is 19.9. The van der Waals surface area contributed by atoms with Crippen LogP contribution in [0.2, 0.25) is 5.02 Å². The van der Waals surface area contributed by atoms with E-state index in [1.54, 1.807) is 17.7 Å². The normalized spacial score (nSPS) is 18.8. The molecule has 2 aromatic heterocycles. The zero-order chi connectivity index (χ0) is 24.7. The smallest absolute Gasteiger partial charge is 0.331 e. The number of nitrogens with zero attached hydrogens (tertiary/aromatic N) is 5. The maximum absolute atomic E-state index is 13.6. The largest absolute Gasteiger partial charge is 0.479 e. The van der Waals surface area contributed by atoms with E-state index in [1.165, 1.54) is 29.2 Å². The molecular weight excluding hydrogens is 477 g/mol. The second kappa shape index (κ2) is 9.43. The summed E-state index contributed by atoms with van der Waals surface area (Å²) in [5.74, 6) is -1.47. The number of aromatic nitrogens is 4. The maximum Gasteiger partial charge on any atom is 0.331 e. The molecule has 0 spiro atoms. The molecule has 184 valence electrons. The van der Waals surface area contributed by atoms with E-state index in [-0.39, 0.29) is 5.02 Å². The Morgan fingerprint density at radius 2 is 2.17 bits per heavy atom. The van der Waals surface area contributed by atoms with E-state index in [0.717, 1.165) is 18.5 Å². The summed E-state index contributed by atoms with van der Waals surface area (Å²) < 4.78 is 22.2. The molecule has 9 nitrogen and oxygen atoms in total. The molecule has 5 rings (SSSR count). The summed E-state index contributed by atoms with van der Waals surface area (Å²) in [6.45, 7) is 3.12. The average molecular weight is 502 g/mol. The second-order valence-corrected chi connectivity index (χ2v) is 9.25. The Labute approximate surface area is 205 Å². The van der Waals surface area contributed by atoms with Crippen LogP contribution in [0.25, 0.3) is 0 Å². The number of hydrogen-bond donors (Lipinski definition) is 1. The van der Waals surface area contributed by atoms with Gasteiger partial charge >= 0.3 is 5.97 Å². The minimum Gasteiger partial charge on any atom is -0.479 e. The summed E-state index contributed by atoms with van der Waals surface area (Å²) in [5, 5.41) is 14.4. The van der Waals surface area contributed by atoms with Crippen LogP contribution >= 0.6 is 11.6 Å². The van der Waals surface area contributed by atoms with Gasteiger partial charge in [-0.1, -0.05) is 17.7 Å². The number of carboxylic acid groups (broad SMARTS) is 1. The number of carboxylic acids is 1. The monoisotopic (exact) mass is 501 g/mol. The lowest BCUT2D eigenvalue weighted by atomic mass is 10.00. The van der Waals surface area contributed by atoms with E-state index in [2.05, 4.69) is 10.1 Å². The van der Waals surface area contributed by atoms with Crippen molar-refractivity contribution in [1.82, 2.24) is 19.3 Å². The molecule has 2 unspecified atom stereocenters. The molecule has 0 saturated carbocycles. The topological polar surface area (TPSA) is 102 Å². The minimum absolute atomic E-state index is 0.0717. The van der Waals surface area contributed by atoms with E-state index in [9.17, 15) is 19.1 Å². The number of benzene rings is 1. The van der Waals surface area contributed by atoms with Gasteiger partial charge in [0, 0.05) is 25.3 Å². The van der Waals surface area contributed by atoms with Crippen LogP contribution < -0.4 is 10.5 Å². The Hall–Kier alpha value is -3.24. The number of carbonyl (C=O) groups is 1. The molecule has 3 aromatic rings. The molecular formula is C24H25ClFN5O4. The highest BCUT2D eigenvalue weighted by molar-refractivity contribution is 6.33. The summed E-state index contributed by atoms with van der Waals surface area (Å²) >= 11 is 6.48. The van der Waals surface area contributed by atoms with Gasteiger partial charge in [-0.25, -0.2) is 14.2 Å². The highest BCUT2D eigenvalue weighted by atomic mass is 35.5. The van der Waals surface area contributed by atoms with Gasteiger partial charge in [0.1, 0.15) is 10.8 Å². The van der Waals surface area contributed by atoms with Gasteiger partial charge in [0.2, 0.25) is 0 Å². The molecule has 4 heterocycles. The molecule has 2 aliphatic heterocycles. The molecule has 0 amide bonds. The van der Waals surface area contributed by atoms with Crippen LogP contribution in [-0.2, 0) is 22.5 Å². The maximum atomic E-state index is 13.6. The molecule has 2 atom stereocenters. The highest BCUT2D eigenvalue weighted by Gasteiger charge is 2.31. The molecule has 0 radical (unpaired) electrons. The number of rotatable bonds is 5. The van der Waals surface area contributed by atoms with Gasteiger partial charge in [0.15, 0.2) is 12.3 Å². The molecule has 1 saturated heterocycles. The average Bonchev–Trinajstić information content (AvgIpc) is 3.25. The Morgan fingerprint density at radius 1 is 1.34 bits per heavy atom. The molecule has 1 aromatic carbocycles. The van der Waals surface area contributed by atoms with Gasteiger partial charge in [0.05, 0.1) is 30.5 Å². The number of fused-ring (bicyclic) bond motifs is 1. The summed E-state index contributed by atoms with van der Waals surface area (Å²) in [4.78, 5) is 31.5. The Morgan fingerprint density at radius 3 is 2.89 bits per heavy atom. The van der Waals surface area contributed by atoms with Crippen LogP contribution in [0, 0.1) is 12.7 Å². The van der Waals surface area contributed by atoms with Gasteiger partial charge in [-0.15, -0.1) is 0 Å². The predicted octanol–water partition coefficient (Wildman–Crippen LogP) is 3.48. The van der Waals surface area contributed by atoms with Gasteiger partial charge in [-0.05, 0) is 49.4 Å². The lowest BCUT2D eigenvalue weighted by Gasteiger charge is -2.31. The van der Waals surface area contributed by atoms with E-state index < -0.39 is 29.6 Å². The lowest BCUT2D eigenvalue weighted by molar-refractivity contribution is -0.139. The van der Waals surface area contributed by atoms with Crippen molar-refractivity contribution in [3.63, 3.8) is 0 Å². The standard InChI is InChI=1S/C24H25ClFN5O4/c1-14-10-15(26)5-6-16(14)22(24(33)34)30-13-27-17-12-29(8-7-18(17)30)19-11-28-31(23(32)21(19)25)20-4-2-3-9-35-20/h5-6,10-11,13,20,22H,2-4,7-9,12H2,1H3,(H,33,34). The van der Waals surface area contributed by atoms with Crippen LogP contribution in [0.1, 0.15) is 54.0 Å². The van der Waals surface area contributed by atoms with E-state index in [1.807, 2.05) is 4.90 Å². The van der Waals surface area contributed by atoms with Crippen LogP contribution in [0.5, 0.6) is 0 Å². The first-order valence-electron chi connectivity index (χ1n) is 11.5. The summed E-state index contributed by atoms with van der Waals surface area (Å²) in [7, 11) is 0. The quantitative estimate of drug-likeness (QED) is 0.571. The third-order valence-corrected chi connectivity index (χ3v) is 7.03. The van der Waals surface area contributed by atoms with Crippen molar-refractivity contribution in [2.24, 2.45) is 0 Å². The Bertz CT molecular complexity index is 1330. The van der Waals surface area contributed by atoms with E-state index in [4.69, 9.17) is 16.3 Å². The fourth-order valence-electron chi connectivity index (χ4n) is 4.89. The number of imidazole rings is 1.